The lowest BCUT2D eigenvalue weighted by Gasteiger charge is -2.30. The van der Waals surface area contributed by atoms with E-state index in [1.165, 1.54) is 5.56 Å². The average molecular weight is 230 g/mol. The Hall–Kier alpha value is -1.84. The highest BCUT2D eigenvalue weighted by Gasteiger charge is 2.39. The number of nitrogens with two attached hydrogens (primary N) is 1. The highest BCUT2D eigenvalue weighted by Crippen LogP contribution is 2.35. The van der Waals surface area contributed by atoms with Crippen molar-refractivity contribution in [3.63, 3.8) is 0 Å². The van der Waals surface area contributed by atoms with Crippen LogP contribution in [0.1, 0.15) is 27.9 Å². The van der Waals surface area contributed by atoms with Crippen LogP contribution in [0.4, 0.5) is 0 Å². The molecule has 1 aromatic rings. The molecule has 0 bridgehead atoms. The molecule has 0 saturated heterocycles. The van der Waals surface area contributed by atoms with Crippen LogP contribution in [0.15, 0.2) is 23.2 Å². The van der Waals surface area contributed by atoms with Crippen molar-refractivity contribution in [3.8, 4) is 0 Å². The number of hydrogen-bond donors (Lipinski definition) is 1. The van der Waals surface area contributed by atoms with Crippen molar-refractivity contribution in [1.82, 2.24) is 0 Å². The van der Waals surface area contributed by atoms with E-state index in [2.05, 4.69) is 11.1 Å². The van der Waals surface area contributed by atoms with Gasteiger partial charge in [0.05, 0.1) is 0 Å². The number of ether oxygens (including phenoxy) is 1. The van der Waals surface area contributed by atoms with Crippen molar-refractivity contribution in [2.45, 2.75) is 24.8 Å². The standard InChI is InChI=1S/C13H14N2O2/c14-12-15-13(8-17-12)5-4-11-9(6-13)2-1-3-10(11)7-16/h1-3,7H,4-6,8H2,(H2,14,15). The lowest BCUT2D eigenvalue weighted by molar-refractivity contribution is 0.112. The fourth-order valence-electron chi connectivity index (χ4n) is 2.76. The topological polar surface area (TPSA) is 64.7 Å². The van der Waals surface area contributed by atoms with Crippen LogP contribution in [0.25, 0.3) is 0 Å². The van der Waals surface area contributed by atoms with Crippen LogP contribution < -0.4 is 5.73 Å². The number of amidine groups is 1. The Morgan fingerprint density at radius 2 is 2.35 bits per heavy atom. The Kier molecular flexibility index (Phi) is 2.18. The molecule has 0 fully saturated rings. The molecule has 4 nitrogen and oxygen atoms in total. The molecule has 0 aromatic heterocycles. The first kappa shape index (κ1) is 10.3. The molecule has 1 atom stereocenters. The molecule has 2 aliphatic rings. The smallest absolute Gasteiger partial charge is 0.282 e. The third kappa shape index (κ3) is 1.60. The third-order valence-electron chi connectivity index (χ3n) is 3.63. The third-order valence-corrected chi connectivity index (χ3v) is 3.63. The van der Waals surface area contributed by atoms with Crippen molar-refractivity contribution >= 4 is 12.3 Å². The van der Waals surface area contributed by atoms with E-state index in [0.29, 0.717) is 12.6 Å². The second-order valence-corrected chi connectivity index (χ2v) is 4.74. The fraction of sp³-hybridized carbons (Fsp3) is 0.385. The predicted molar refractivity (Wildman–Crippen MR) is 64.2 cm³/mol. The summed E-state index contributed by atoms with van der Waals surface area (Å²) in [7, 11) is 0. The van der Waals surface area contributed by atoms with Crippen molar-refractivity contribution in [1.29, 1.82) is 0 Å². The van der Waals surface area contributed by atoms with E-state index in [0.717, 1.165) is 36.7 Å². The van der Waals surface area contributed by atoms with E-state index in [1.807, 2.05) is 12.1 Å². The van der Waals surface area contributed by atoms with Gasteiger partial charge in [0.2, 0.25) is 0 Å². The molecule has 17 heavy (non-hydrogen) atoms. The fourth-order valence-corrected chi connectivity index (χ4v) is 2.76. The van der Waals surface area contributed by atoms with E-state index < -0.39 is 0 Å². The van der Waals surface area contributed by atoms with Crippen LogP contribution in [0.2, 0.25) is 0 Å². The molecule has 3 rings (SSSR count). The van der Waals surface area contributed by atoms with Gasteiger partial charge in [-0.1, -0.05) is 18.2 Å². The number of benzene rings is 1. The second-order valence-electron chi connectivity index (χ2n) is 4.74. The van der Waals surface area contributed by atoms with Crippen LogP contribution in [0.3, 0.4) is 0 Å². The summed E-state index contributed by atoms with van der Waals surface area (Å²) >= 11 is 0. The molecule has 1 aromatic carbocycles. The van der Waals surface area contributed by atoms with Gasteiger partial charge >= 0.3 is 0 Å². The molecule has 1 aliphatic carbocycles. The molecule has 1 aliphatic heterocycles. The number of aliphatic imine (C=N–C) groups is 1. The minimum absolute atomic E-state index is 0.196. The molecule has 0 radical (unpaired) electrons. The van der Waals surface area contributed by atoms with Crippen LogP contribution in [-0.4, -0.2) is 24.5 Å². The van der Waals surface area contributed by atoms with Crippen LogP contribution >= 0.6 is 0 Å². The molecule has 2 N–H and O–H groups in total. The second kappa shape index (κ2) is 3.58. The number of hydrogen-bond acceptors (Lipinski definition) is 4. The first-order valence-electron chi connectivity index (χ1n) is 5.76. The first-order chi connectivity index (χ1) is 8.22. The Morgan fingerprint density at radius 1 is 1.47 bits per heavy atom. The van der Waals surface area contributed by atoms with Gasteiger partial charge in [-0.2, -0.15) is 0 Å². The number of fused-ring (bicyclic) bond motifs is 1. The van der Waals surface area contributed by atoms with E-state index in [1.54, 1.807) is 0 Å². The summed E-state index contributed by atoms with van der Waals surface area (Å²) in [6, 6.07) is 6.14. The Balaban J connectivity index is 1.99. The number of carbonyl (C=O) groups excluding carboxylic acids is 1. The molecule has 88 valence electrons. The highest BCUT2D eigenvalue weighted by molar-refractivity contribution is 5.78. The predicted octanol–water partition coefficient (Wildman–Crippen LogP) is 1.07. The average Bonchev–Trinajstić information content (AvgIpc) is 2.69. The molecule has 1 unspecified atom stereocenters. The summed E-state index contributed by atoms with van der Waals surface area (Å²) in [5, 5.41) is 0. The van der Waals surface area contributed by atoms with Gasteiger partial charge in [-0.3, -0.25) is 4.79 Å². The summed E-state index contributed by atoms with van der Waals surface area (Å²) < 4.78 is 5.28. The zero-order valence-corrected chi connectivity index (χ0v) is 9.48. The lowest BCUT2D eigenvalue weighted by Crippen LogP contribution is -2.35. The molecular weight excluding hydrogens is 216 g/mol. The largest absolute Gasteiger partial charge is 0.463 e. The maximum atomic E-state index is 11.0. The molecular formula is C13H14N2O2. The molecule has 1 spiro atoms. The van der Waals surface area contributed by atoms with Gasteiger partial charge in [0.25, 0.3) is 6.02 Å². The zero-order chi connectivity index (χ0) is 11.9. The van der Waals surface area contributed by atoms with Gasteiger partial charge in [0.15, 0.2) is 0 Å². The lowest BCUT2D eigenvalue weighted by atomic mass is 9.77. The van der Waals surface area contributed by atoms with E-state index in [-0.39, 0.29) is 5.54 Å². The minimum Gasteiger partial charge on any atom is -0.463 e. The van der Waals surface area contributed by atoms with Crippen molar-refractivity contribution in [2.24, 2.45) is 10.7 Å². The summed E-state index contributed by atoms with van der Waals surface area (Å²) in [5.41, 5.74) is 8.55. The Bertz CT molecular complexity index is 510. The number of aldehydes is 1. The summed E-state index contributed by atoms with van der Waals surface area (Å²) in [6.07, 6.45) is 3.50. The van der Waals surface area contributed by atoms with Crippen LogP contribution in [0.5, 0.6) is 0 Å². The quantitative estimate of drug-likeness (QED) is 0.734. The number of nitrogens with zero attached hydrogens (tertiary/aromatic N) is 1. The highest BCUT2D eigenvalue weighted by atomic mass is 16.5. The van der Waals surface area contributed by atoms with Crippen molar-refractivity contribution in [2.75, 3.05) is 6.61 Å². The maximum Gasteiger partial charge on any atom is 0.282 e. The van der Waals surface area contributed by atoms with Gasteiger partial charge in [-0.05, 0) is 24.0 Å². The summed E-state index contributed by atoms with van der Waals surface area (Å²) in [5.74, 6) is 0. The maximum absolute atomic E-state index is 11.0. The number of carbonyl (C=O) groups is 1. The molecule has 0 saturated carbocycles. The van der Waals surface area contributed by atoms with Gasteiger partial charge in [-0.25, -0.2) is 4.99 Å². The van der Waals surface area contributed by atoms with Gasteiger partial charge in [-0.15, -0.1) is 0 Å². The first-order valence-corrected chi connectivity index (χ1v) is 5.76. The summed E-state index contributed by atoms with van der Waals surface area (Å²) in [4.78, 5) is 15.4. The molecule has 0 amide bonds. The Labute approximate surface area is 99.5 Å². The van der Waals surface area contributed by atoms with Crippen LogP contribution in [0, 0.1) is 0 Å². The van der Waals surface area contributed by atoms with Gasteiger partial charge in [0, 0.05) is 12.0 Å². The molecule has 1 heterocycles. The van der Waals surface area contributed by atoms with E-state index in [4.69, 9.17) is 10.5 Å². The summed E-state index contributed by atoms with van der Waals surface area (Å²) in [6.45, 7) is 0.559. The van der Waals surface area contributed by atoms with Gasteiger partial charge < -0.3 is 10.5 Å². The van der Waals surface area contributed by atoms with Crippen molar-refractivity contribution < 1.29 is 9.53 Å². The van der Waals surface area contributed by atoms with Crippen LogP contribution in [-0.2, 0) is 17.6 Å². The zero-order valence-electron chi connectivity index (χ0n) is 9.48. The normalized spacial score (nSPS) is 26.2. The van der Waals surface area contributed by atoms with Crippen molar-refractivity contribution in [3.05, 3.63) is 34.9 Å². The minimum atomic E-state index is -0.196. The number of rotatable bonds is 1. The van der Waals surface area contributed by atoms with Gasteiger partial charge in [0.1, 0.15) is 18.4 Å². The van der Waals surface area contributed by atoms with E-state index >= 15 is 0 Å². The SMILES string of the molecule is NC1=NC2(CCc3c(C=O)cccc3C2)CO1. The molecule has 4 heteroatoms. The monoisotopic (exact) mass is 230 g/mol. The van der Waals surface area contributed by atoms with E-state index in [9.17, 15) is 4.79 Å². The Morgan fingerprint density at radius 3 is 3.06 bits per heavy atom.